The van der Waals surface area contributed by atoms with Gasteiger partial charge >= 0.3 is 6.18 Å². The maximum atomic E-state index is 14.2. The first kappa shape index (κ1) is 28.8. The second-order valence-electron chi connectivity index (χ2n) is 10.4. The fourth-order valence-electron chi connectivity index (χ4n) is 4.97. The SMILES string of the molecule is O=C(NC[C@H](C(=O)Nc1ccc(N2CCOCC2=O)cc1C(F)(F)F)N(CC1CC1)C1CCC1)c1ccc(Cl)s1. The lowest BCUT2D eigenvalue weighted by Gasteiger charge is -2.42. The van der Waals surface area contributed by atoms with Gasteiger partial charge in [-0.1, -0.05) is 18.0 Å². The summed E-state index contributed by atoms with van der Waals surface area (Å²) in [6, 6.07) is 5.89. The van der Waals surface area contributed by atoms with E-state index >= 15 is 0 Å². The molecule has 0 unspecified atom stereocenters. The first-order chi connectivity index (χ1) is 19.1. The Morgan fingerprint density at radius 2 is 1.95 bits per heavy atom. The van der Waals surface area contributed by atoms with E-state index in [1.807, 2.05) is 4.90 Å². The smallest absolute Gasteiger partial charge is 0.370 e. The highest BCUT2D eigenvalue weighted by Crippen LogP contribution is 2.39. The molecule has 216 valence electrons. The Labute approximate surface area is 238 Å². The van der Waals surface area contributed by atoms with Crippen LogP contribution in [0, 0.1) is 5.92 Å². The van der Waals surface area contributed by atoms with Crippen LogP contribution < -0.4 is 15.5 Å². The molecular formula is C27H30ClF3N4O4S. The van der Waals surface area contributed by atoms with E-state index < -0.39 is 41.2 Å². The van der Waals surface area contributed by atoms with Gasteiger partial charge in [0.15, 0.2) is 0 Å². The summed E-state index contributed by atoms with van der Waals surface area (Å²) in [5.41, 5.74) is -1.36. The average molecular weight is 599 g/mol. The van der Waals surface area contributed by atoms with E-state index in [-0.39, 0.29) is 38.0 Å². The molecule has 3 fully saturated rings. The Kier molecular flexibility index (Phi) is 8.69. The normalized spacial score (nSPS) is 18.9. The summed E-state index contributed by atoms with van der Waals surface area (Å²) in [5.74, 6) is -1.03. The third-order valence-electron chi connectivity index (χ3n) is 7.53. The zero-order chi connectivity index (χ0) is 28.4. The van der Waals surface area contributed by atoms with Crippen LogP contribution in [0.15, 0.2) is 30.3 Å². The number of nitrogens with one attached hydrogen (secondary N) is 2. The minimum Gasteiger partial charge on any atom is -0.370 e. The summed E-state index contributed by atoms with van der Waals surface area (Å²) in [5, 5.41) is 5.30. The average Bonchev–Trinajstić information content (AvgIpc) is 3.59. The monoisotopic (exact) mass is 598 g/mol. The lowest BCUT2D eigenvalue weighted by Crippen LogP contribution is -2.56. The number of carbonyl (C=O) groups is 3. The van der Waals surface area contributed by atoms with Crippen LogP contribution in [0.25, 0.3) is 0 Å². The van der Waals surface area contributed by atoms with Gasteiger partial charge in [-0.2, -0.15) is 13.2 Å². The maximum Gasteiger partial charge on any atom is 0.418 e. The van der Waals surface area contributed by atoms with Crippen molar-refractivity contribution in [1.82, 2.24) is 10.2 Å². The number of rotatable bonds is 10. The van der Waals surface area contributed by atoms with Crippen LogP contribution in [0.1, 0.15) is 47.3 Å². The number of halogens is 4. The largest absolute Gasteiger partial charge is 0.418 e. The molecule has 3 aliphatic rings. The molecule has 1 aliphatic heterocycles. The maximum absolute atomic E-state index is 14.2. The number of hydrogen-bond acceptors (Lipinski definition) is 6. The molecule has 1 saturated heterocycles. The molecule has 13 heteroatoms. The molecule has 2 heterocycles. The molecule has 0 radical (unpaired) electrons. The topological polar surface area (TPSA) is 91.0 Å². The highest BCUT2D eigenvalue weighted by Gasteiger charge is 2.40. The summed E-state index contributed by atoms with van der Waals surface area (Å²) >= 11 is 7.06. The standard InChI is InChI=1S/C27H30ClF3N4O4S/c28-23-9-8-22(40-23)26(38)32-13-21(35(14-16-4-5-16)17-2-1-3-17)25(37)33-20-7-6-18(12-19(20)27(29,30)31)34-10-11-39-15-24(34)36/h6-9,12,16-17,21H,1-5,10-11,13-15H2,(H,32,38)(H,33,37)/t21-/m1/s1. The second-order valence-corrected chi connectivity index (χ2v) is 12.1. The zero-order valence-electron chi connectivity index (χ0n) is 21.6. The van der Waals surface area contributed by atoms with Crippen LogP contribution in [0.5, 0.6) is 0 Å². The number of benzene rings is 1. The third kappa shape index (κ3) is 6.79. The Balaban J connectivity index is 1.39. The summed E-state index contributed by atoms with van der Waals surface area (Å²) in [6.45, 7) is 0.729. The van der Waals surface area contributed by atoms with Crippen LogP contribution in [-0.2, 0) is 20.5 Å². The van der Waals surface area contributed by atoms with Crippen LogP contribution >= 0.6 is 22.9 Å². The van der Waals surface area contributed by atoms with Gasteiger partial charge in [0, 0.05) is 31.4 Å². The van der Waals surface area contributed by atoms with E-state index in [2.05, 4.69) is 10.6 Å². The predicted molar refractivity (Wildman–Crippen MR) is 146 cm³/mol. The summed E-state index contributed by atoms with van der Waals surface area (Å²) < 4.78 is 48.0. The number of nitrogens with zero attached hydrogens (tertiary/aromatic N) is 2. The molecule has 0 bridgehead atoms. The lowest BCUT2D eigenvalue weighted by molar-refractivity contribution is -0.137. The summed E-state index contributed by atoms with van der Waals surface area (Å²) in [4.78, 5) is 42.3. The molecule has 2 aliphatic carbocycles. The Morgan fingerprint density at radius 1 is 1.18 bits per heavy atom. The lowest BCUT2D eigenvalue weighted by atomic mass is 9.89. The minimum atomic E-state index is -4.78. The number of ether oxygens (including phenoxy) is 1. The van der Waals surface area contributed by atoms with E-state index in [9.17, 15) is 27.6 Å². The molecule has 1 aromatic heterocycles. The fraction of sp³-hybridized carbons (Fsp3) is 0.519. The van der Waals surface area contributed by atoms with Gasteiger partial charge in [-0.3, -0.25) is 19.3 Å². The van der Waals surface area contributed by atoms with E-state index in [0.29, 0.717) is 21.7 Å². The first-order valence-corrected chi connectivity index (χ1v) is 14.5. The Bertz CT molecular complexity index is 1260. The molecule has 2 saturated carbocycles. The highest BCUT2D eigenvalue weighted by molar-refractivity contribution is 7.18. The molecule has 2 aromatic rings. The van der Waals surface area contributed by atoms with Gasteiger partial charge in [0.05, 0.1) is 27.1 Å². The van der Waals surface area contributed by atoms with Gasteiger partial charge in [0.1, 0.15) is 12.6 Å². The fourth-order valence-corrected chi connectivity index (χ4v) is 5.93. The zero-order valence-corrected chi connectivity index (χ0v) is 23.2. The summed E-state index contributed by atoms with van der Waals surface area (Å²) in [7, 11) is 0. The van der Waals surface area contributed by atoms with Crippen LogP contribution in [-0.4, -0.2) is 67.6 Å². The number of morpholine rings is 1. The molecule has 1 atom stereocenters. The van der Waals surface area contributed by atoms with Crippen LogP contribution in [0.2, 0.25) is 4.34 Å². The highest BCUT2D eigenvalue weighted by atomic mass is 35.5. The van der Waals surface area contributed by atoms with Gasteiger partial charge in [0.25, 0.3) is 11.8 Å². The van der Waals surface area contributed by atoms with Crippen molar-refractivity contribution in [2.45, 2.75) is 50.4 Å². The first-order valence-electron chi connectivity index (χ1n) is 13.3. The predicted octanol–water partition coefficient (Wildman–Crippen LogP) is 4.79. The minimum absolute atomic E-state index is 0.0644. The molecule has 40 heavy (non-hydrogen) atoms. The third-order valence-corrected chi connectivity index (χ3v) is 8.76. The molecule has 1 aromatic carbocycles. The molecule has 2 N–H and O–H groups in total. The van der Waals surface area contributed by atoms with Gasteiger partial charge in [-0.05, 0) is 61.9 Å². The van der Waals surface area contributed by atoms with E-state index in [0.717, 1.165) is 49.5 Å². The van der Waals surface area contributed by atoms with Crippen molar-refractivity contribution in [3.63, 3.8) is 0 Å². The van der Waals surface area contributed by atoms with Gasteiger partial charge in [0.2, 0.25) is 5.91 Å². The quantitative estimate of drug-likeness (QED) is 0.411. The number of alkyl halides is 3. The molecule has 3 amide bonds. The van der Waals surface area contributed by atoms with Crippen molar-refractivity contribution in [3.8, 4) is 0 Å². The van der Waals surface area contributed by atoms with Crippen LogP contribution in [0.4, 0.5) is 24.5 Å². The Morgan fingerprint density at radius 3 is 2.55 bits per heavy atom. The van der Waals surface area contributed by atoms with Crippen molar-refractivity contribution in [2.24, 2.45) is 5.92 Å². The molecule has 8 nitrogen and oxygen atoms in total. The van der Waals surface area contributed by atoms with Crippen molar-refractivity contribution < 1.29 is 32.3 Å². The summed E-state index contributed by atoms with van der Waals surface area (Å²) in [6.07, 6.45) is 0.0924. The molecule has 5 rings (SSSR count). The number of amides is 3. The van der Waals surface area contributed by atoms with Crippen molar-refractivity contribution in [2.75, 3.05) is 43.1 Å². The molecule has 0 spiro atoms. The Hall–Kier alpha value is -2.67. The number of anilines is 2. The van der Waals surface area contributed by atoms with Crippen molar-refractivity contribution in [3.05, 3.63) is 45.1 Å². The second kappa shape index (κ2) is 12.1. The number of thiophene rings is 1. The van der Waals surface area contributed by atoms with Gasteiger partial charge < -0.3 is 20.3 Å². The van der Waals surface area contributed by atoms with E-state index in [4.69, 9.17) is 16.3 Å². The van der Waals surface area contributed by atoms with Crippen LogP contribution in [0.3, 0.4) is 0 Å². The van der Waals surface area contributed by atoms with Gasteiger partial charge in [-0.15, -0.1) is 11.3 Å². The van der Waals surface area contributed by atoms with Gasteiger partial charge in [-0.25, -0.2) is 0 Å². The van der Waals surface area contributed by atoms with Crippen molar-refractivity contribution in [1.29, 1.82) is 0 Å². The molecular weight excluding hydrogens is 569 g/mol. The number of carbonyl (C=O) groups excluding carboxylic acids is 3. The number of hydrogen-bond donors (Lipinski definition) is 2. The van der Waals surface area contributed by atoms with E-state index in [1.165, 1.54) is 17.0 Å². The van der Waals surface area contributed by atoms with E-state index in [1.54, 1.807) is 12.1 Å². The van der Waals surface area contributed by atoms with Crippen molar-refractivity contribution >= 4 is 52.0 Å².